The Labute approximate surface area is 147 Å². The Kier molecular flexibility index (Phi) is 4.83. The summed E-state index contributed by atoms with van der Waals surface area (Å²) >= 11 is 1.31. The van der Waals surface area contributed by atoms with E-state index in [-0.39, 0.29) is 11.5 Å². The minimum Gasteiger partial charge on any atom is -0.484 e. The van der Waals surface area contributed by atoms with Crippen LogP contribution in [0.15, 0.2) is 53.4 Å². The molecule has 25 heavy (non-hydrogen) atoms. The minimum absolute atomic E-state index is 0.0458. The maximum absolute atomic E-state index is 12.0. The summed E-state index contributed by atoms with van der Waals surface area (Å²) in [6.07, 6.45) is 0. The number of carbonyl (C=O) groups excluding carboxylic acids is 1. The molecule has 0 fully saturated rings. The SMILES string of the molecule is Nc1nc2ccc(OCC(=O)NNS(=O)(=O)c3ccccc3)cc2s1. The van der Waals surface area contributed by atoms with E-state index in [2.05, 4.69) is 10.4 Å². The van der Waals surface area contributed by atoms with E-state index in [4.69, 9.17) is 10.5 Å². The monoisotopic (exact) mass is 378 g/mol. The number of amides is 1. The fourth-order valence-electron chi connectivity index (χ4n) is 1.98. The Bertz CT molecular complexity index is 1000. The number of hydrogen-bond acceptors (Lipinski definition) is 7. The van der Waals surface area contributed by atoms with Crippen molar-refractivity contribution in [2.24, 2.45) is 0 Å². The number of nitrogens with two attached hydrogens (primary N) is 1. The van der Waals surface area contributed by atoms with Crippen molar-refractivity contribution in [3.63, 3.8) is 0 Å². The number of thiazole rings is 1. The zero-order chi connectivity index (χ0) is 17.9. The minimum atomic E-state index is -3.82. The lowest BCUT2D eigenvalue weighted by Crippen LogP contribution is -2.43. The number of nitrogen functional groups attached to an aromatic ring is 1. The smallest absolute Gasteiger partial charge is 0.272 e. The Morgan fingerprint density at radius 2 is 1.96 bits per heavy atom. The van der Waals surface area contributed by atoms with Crippen LogP contribution >= 0.6 is 11.3 Å². The maximum atomic E-state index is 12.0. The molecule has 4 N–H and O–H groups in total. The number of benzene rings is 2. The summed E-state index contributed by atoms with van der Waals surface area (Å²) in [5, 5.41) is 0.445. The molecule has 1 heterocycles. The molecule has 0 spiro atoms. The summed E-state index contributed by atoms with van der Waals surface area (Å²) in [5.74, 6) is -0.180. The van der Waals surface area contributed by atoms with E-state index >= 15 is 0 Å². The Morgan fingerprint density at radius 1 is 1.20 bits per heavy atom. The van der Waals surface area contributed by atoms with Gasteiger partial charge in [0.1, 0.15) is 5.75 Å². The average molecular weight is 378 g/mol. The number of hydrogen-bond donors (Lipinski definition) is 3. The first kappa shape index (κ1) is 17.1. The molecule has 0 bridgehead atoms. The van der Waals surface area contributed by atoms with Crippen molar-refractivity contribution in [2.45, 2.75) is 4.90 Å². The number of carbonyl (C=O) groups is 1. The molecule has 1 amide bonds. The van der Waals surface area contributed by atoms with Crippen molar-refractivity contribution in [3.8, 4) is 5.75 Å². The van der Waals surface area contributed by atoms with Crippen molar-refractivity contribution in [1.29, 1.82) is 0 Å². The third kappa shape index (κ3) is 4.24. The molecule has 1 aromatic heterocycles. The topological polar surface area (TPSA) is 123 Å². The van der Waals surface area contributed by atoms with Crippen LogP contribution in [-0.4, -0.2) is 25.9 Å². The standard InChI is InChI=1S/C15H14N4O4S2/c16-15-17-12-7-6-10(8-13(12)24-15)23-9-14(20)18-19-25(21,22)11-4-2-1-3-5-11/h1-8,19H,9H2,(H2,16,17)(H,18,20). The van der Waals surface area contributed by atoms with Gasteiger partial charge in [-0.25, -0.2) is 13.4 Å². The molecular weight excluding hydrogens is 364 g/mol. The lowest BCUT2D eigenvalue weighted by molar-refractivity contribution is -0.123. The molecule has 10 heteroatoms. The van der Waals surface area contributed by atoms with Crippen LogP contribution in [0.25, 0.3) is 10.2 Å². The van der Waals surface area contributed by atoms with Crippen LogP contribution in [-0.2, 0) is 14.8 Å². The van der Waals surface area contributed by atoms with E-state index < -0.39 is 15.9 Å². The predicted octanol–water partition coefficient (Wildman–Crippen LogP) is 1.27. The molecule has 130 valence electrons. The van der Waals surface area contributed by atoms with Crippen molar-refractivity contribution >= 4 is 42.6 Å². The first-order valence-electron chi connectivity index (χ1n) is 7.08. The number of hydrazine groups is 1. The summed E-state index contributed by atoms with van der Waals surface area (Å²) in [4.78, 5) is 17.9. The van der Waals surface area contributed by atoms with E-state index in [0.29, 0.717) is 10.9 Å². The quantitative estimate of drug-likeness (QED) is 0.555. The molecule has 3 aromatic rings. The van der Waals surface area contributed by atoms with Crippen molar-refractivity contribution < 1.29 is 17.9 Å². The largest absolute Gasteiger partial charge is 0.484 e. The fourth-order valence-corrected chi connectivity index (χ4v) is 3.62. The summed E-state index contributed by atoms with van der Waals surface area (Å²) < 4.78 is 30.1. The molecule has 8 nitrogen and oxygen atoms in total. The molecular formula is C15H14N4O4S2. The Hall–Kier alpha value is -2.69. The molecule has 0 aliphatic rings. The molecule has 0 aliphatic carbocycles. The number of aromatic nitrogens is 1. The van der Waals surface area contributed by atoms with Gasteiger partial charge in [-0.3, -0.25) is 10.2 Å². The first-order chi connectivity index (χ1) is 11.9. The lowest BCUT2D eigenvalue weighted by atomic mass is 10.3. The van der Waals surface area contributed by atoms with Gasteiger partial charge in [-0.15, -0.1) is 4.83 Å². The molecule has 0 saturated heterocycles. The summed E-state index contributed by atoms with van der Waals surface area (Å²) in [7, 11) is -3.82. The number of sulfonamides is 1. The molecule has 3 rings (SSSR count). The van der Waals surface area contributed by atoms with Gasteiger partial charge in [0.25, 0.3) is 15.9 Å². The molecule has 0 radical (unpaired) electrons. The summed E-state index contributed by atoms with van der Waals surface area (Å²) in [6, 6.07) is 12.8. The zero-order valence-electron chi connectivity index (χ0n) is 12.8. The van der Waals surface area contributed by atoms with Gasteiger partial charge in [-0.2, -0.15) is 0 Å². The number of nitrogens with zero attached hydrogens (tertiary/aromatic N) is 1. The number of anilines is 1. The van der Waals surface area contributed by atoms with E-state index in [1.807, 2.05) is 4.83 Å². The van der Waals surface area contributed by atoms with Crippen LogP contribution in [0.4, 0.5) is 5.13 Å². The molecule has 0 atom stereocenters. The van der Waals surface area contributed by atoms with Crippen LogP contribution in [0.2, 0.25) is 0 Å². The number of ether oxygens (including phenoxy) is 1. The maximum Gasteiger partial charge on any atom is 0.272 e. The van der Waals surface area contributed by atoms with Gasteiger partial charge >= 0.3 is 0 Å². The van der Waals surface area contributed by atoms with E-state index in [1.165, 1.54) is 23.5 Å². The Morgan fingerprint density at radius 3 is 2.72 bits per heavy atom. The van der Waals surface area contributed by atoms with Gasteiger partial charge in [0, 0.05) is 0 Å². The summed E-state index contributed by atoms with van der Waals surface area (Å²) in [5.41, 5.74) is 8.48. The average Bonchev–Trinajstić information content (AvgIpc) is 2.98. The molecule has 0 unspecified atom stereocenters. The lowest BCUT2D eigenvalue weighted by Gasteiger charge is -2.09. The van der Waals surface area contributed by atoms with Gasteiger partial charge < -0.3 is 10.5 Å². The molecule has 0 aliphatic heterocycles. The van der Waals surface area contributed by atoms with E-state index in [1.54, 1.807) is 36.4 Å². The summed E-state index contributed by atoms with van der Waals surface area (Å²) in [6.45, 7) is -0.350. The van der Waals surface area contributed by atoms with E-state index in [9.17, 15) is 13.2 Å². The van der Waals surface area contributed by atoms with Gasteiger partial charge in [0.15, 0.2) is 11.7 Å². The van der Waals surface area contributed by atoms with Gasteiger partial charge in [0.05, 0.1) is 15.1 Å². The highest BCUT2D eigenvalue weighted by Gasteiger charge is 2.14. The van der Waals surface area contributed by atoms with Crippen LogP contribution in [0.1, 0.15) is 0 Å². The van der Waals surface area contributed by atoms with E-state index in [0.717, 1.165) is 10.2 Å². The van der Waals surface area contributed by atoms with Crippen molar-refractivity contribution in [3.05, 3.63) is 48.5 Å². The highest BCUT2D eigenvalue weighted by molar-refractivity contribution is 7.89. The number of rotatable bonds is 6. The second kappa shape index (κ2) is 7.05. The molecule has 0 saturated carbocycles. The Balaban J connectivity index is 1.55. The van der Waals surface area contributed by atoms with Crippen LogP contribution < -0.4 is 20.7 Å². The normalized spacial score (nSPS) is 11.4. The van der Waals surface area contributed by atoms with Gasteiger partial charge in [-0.1, -0.05) is 29.5 Å². The van der Waals surface area contributed by atoms with Gasteiger partial charge in [-0.05, 0) is 30.3 Å². The van der Waals surface area contributed by atoms with Crippen LogP contribution in [0.3, 0.4) is 0 Å². The fraction of sp³-hybridized carbons (Fsp3) is 0.0667. The number of nitrogens with one attached hydrogen (secondary N) is 2. The number of fused-ring (bicyclic) bond motifs is 1. The predicted molar refractivity (Wildman–Crippen MR) is 94.4 cm³/mol. The second-order valence-electron chi connectivity index (χ2n) is 4.94. The first-order valence-corrected chi connectivity index (χ1v) is 9.38. The zero-order valence-corrected chi connectivity index (χ0v) is 14.4. The third-order valence-electron chi connectivity index (χ3n) is 3.12. The van der Waals surface area contributed by atoms with Crippen molar-refractivity contribution in [2.75, 3.05) is 12.3 Å². The van der Waals surface area contributed by atoms with Crippen LogP contribution in [0, 0.1) is 0 Å². The third-order valence-corrected chi connectivity index (χ3v) is 5.24. The second-order valence-corrected chi connectivity index (χ2v) is 7.68. The molecule has 2 aromatic carbocycles. The highest BCUT2D eigenvalue weighted by Crippen LogP contribution is 2.27. The van der Waals surface area contributed by atoms with Gasteiger partial charge in [0.2, 0.25) is 0 Å². The van der Waals surface area contributed by atoms with Crippen molar-refractivity contribution in [1.82, 2.24) is 15.2 Å². The highest BCUT2D eigenvalue weighted by atomic mass is 32.2. The van der Waals surface area contributed by atoms with Crippen LogP contribution in [0.5, 0.6) is 5.75 Å².